The number of likely N-dealkylation sites (N-methyl/N-ethyl adjacent to an activating group) is 1. The van der Waals surface area contributed by atoms with Crippen LogP contribution in [0.3, 0.4) is 0 Å². The van der Waals surface area contributed by atoms with E-state index in [9.17, 15) is 0 Å². The van der Waals surface area contributed by atoms with Crippen LogP contribution in [0.4, 0.5) is 0 Å². The maximum Gasteiger partial charge on any atom is 0.118 e. The molecule has 0 spiro atoms. The fourth-order valence-electron chi connectivity index (χ4n) is 1.55. The summed E-state index contributed by atoms with van der Waals surface area (Å²) in [5.74, 6) is 0.898. The fraction of sp³-hybridized carbons (Fsp3) is 0.538. The zero-order valence-electron chi connectivity index (χ0n) is 10.3. The van der Waals surface area contributed by atoms with Crippen molar-refractivity contribution in [1.82, 2.24) is 5.32 Å². The maximum absolute atomic E-state index is 5.42. The smallest absolute Gasteiger partial charge is 0.118 e. The Morgan fingerprint density at radius 2 is 1.94 bits per heavy atom. The summed E-state index contributed by atoms with van der Waals surface area (Å²) >= 11 is 0. The van der Waals surface area contributed by atoms with Crippen LogP contribution in [0.5, 0.6) is 5.75 Å². The third kappa shape index (κ3) is 4.21. The maximum atomic E-state index is 5.42. The number of methoxy groups -OCH3 is 1. The van der Waals surface area contributed by atoms with Crippen LogP contribution in [0.25, 0.3) is 0 Å². The summed E-state index contributed by atoms with van der Waals surface area (Å²) in [7, 11) is 3.65. The summed E-state index contributed by atoms with van der Waals surface area (Å²) in [6, 6.07) is 8.53. The molecule has 90 valence electrons. The second-order valence-corrected chi connectivity index (χ2v) is 3.70. The van der Waals surface area contributed by atoms with Crippen LogP contribution < -0.4 is 10.1 Å². The second kappa shape index (κ2) is 7.25. The van der Waals surface area contributed by atoms with E-state index in [0.29, 0.717) is 6.04 Å². The summed E-state index contributed by atoms with van der Waals surface area (Å²) < 4.78 is 10.5. The van der Waals surface area contributed by atoms with Crippen molar-refractivity contribution in [2.24, 2.45) is 0 Å². The molecule has 0 fully saturated rings. The summed E-state index contributed by atoms with van der Waals surface area (Å²) in [5.41, 5.74) is 1.29. The van der Waals surface area contributed by atoms with E-state index in [-0.39, 0.29) is 0 Å². The van der Waals surface area contributed by atoms with Gasteiger partial charge in [-0.05, 0) is 38.1 Å². The fourth-order valence-corrected chi connectivity index (χ4v) is 1.55. The molecule has 3 nitrogen and oxygen atoms in total. The van der Waals surface area contributed by atoms with E-state index in [1.165, 1.54) is 5.56 Å². The molecule has 16 heavy (non-hydrogen) atoms. The van der Waals surface area contributed by atoms with E-state index in [0.717, 1.165) is 25.4 Å². The minimum atomic E-state index is 0.369. The number of benzene rings is 1. The SMILES string of the molecule is CCOCC(Cc1ccc(OC)cc1)NC. The average molecular weight is 223 g/mol. The molecule has 0 saturated carbocycles. The highest BCUT2D eigenvalue weighted by atomic mass is 16.5. The molecule has 0 saturated heterocycles. The van der Waals surface area contributed by atoms with Crippen LogP contribution in [0.2, 0.25) is 0 Å². The molecule has 1 atom stereocenters. The van der Waals surface area contributed by atoms with Crippen molar-refractivity contribution in [3.05, 3.63) is 29.8 Å². The van der Waals surface area contributed by atoms with Crippen molar-refractivity contribution in [2.75, 3.05) is 27.4 Å². The minimum Gasteiger partial charge on any atom is -0.497 e. The zero-order valence-corrected chi connectivity index (χ0v) is 10.3. The number of nitrogens with one attached hydrogen (secondary N) is 1. The van der Waals surface area contributed by atoms with Gasteiger partial charge < -0.3 is 14.8 Å². The molecule has 3 heteroatoms. The molecular formula is C13H21NO2. The van der Waals surface area contributed by atoms with Gasteiger partial charge >= 0.3 is 0 Å². The van der Waals surface area contributed by atoms with Gasteiger partial charge in [-0.2, -0.15) is 0 Å². The molecule has 0 heterocycles. The Morgan fingerprint density at radius 3 is 2.44 bits per heavy atom. The Morgan fingerprint density at radius 1 is 1.25 bits per heavy atom. The average Bonchev–Trinajstić information content (AvgIpc) is 2.35. The largest absolute Gasteiger partial charge is 0.497 e. The zero-order chi connectivity index (χ0) is 11.8. The first-order valence-electron chi connectivity index (χ1n) is 5.68. The highest BCUT2D eigenvalue weighted by Gasteiger charge is 2.06. The van der Waals surface area contributed by atoms with Gasteiger partial charge in [-0.1, -0.05) is 12.1 Å². The summed E-state index contributed by atoms with van der Waals surface area (Å²) in [6.07, 6.45) is 0.973. The van der Waals surface area contributed by atoms with Crippen LogP contribution in [0.1, 0.15) is 12.5 Å². The van der Waals surface area contributed by atoms with Crippen LogP contribution in [0.15, 0.2) is 24.3 Å². The topological polar surface area (TPSA) is 30.5 Å². The third-order valence-electron chi connectivity index (χ3n) is 2.57. The molecule has 1 N–H and O–H groups in total. The van der Waals surface area contributed by atoms with Gasteiger partial charge in [-0.3, -0.25) is 0 Å². The molecule has 1 rings (SSSR count). The van der Waals surface area contributed by atoms with Gasteiger partial charge in [-0.25, -0.2) is 0 Å². The summed E-state index contributed by atoms with van der Waals surface area (Å²) in [4.78, 5) is 0. The number of ether oxygens (including phenoxy) is 2. The molecular weight excluding hydrogens is 202 g/mol. The predicted octanol–water partition coefficient (Wildman–Crippen LogP) is 1.86. The number of hydrogen-bond acceptors (Lipinski definition) is 3. The van der Waals surface area contributed by atoms with Crippen molar-refractivity contribution in [3.63, 3.8) is 0 Å². The standard InChI is InChI=1S/C13H21NO2/c1-4-16-10-12(14-2)9-11-5-7-13(15-3)8-6-11/h5-8,12,14H,4,9-10H2,1-3H3. The highest BCUT2D eigenvalue weighted by molar-refractivity contribution is 5.27. The second-order valence-electron chi connectivity index (χ2n) is 3.70. The predicted molar refractivity (Wildman–Crippen MR) is 66.0 cm³/mol. The first-order valence-corrected chi connectivity index (χ1v) is 5.68. The molecule has 1 unspecified atom stereocenters. The van der Waals surface area contributed by atoms with Crippen LogP contribution >= 0.6 is 0 Å². The Hall–Kier alpha value is -1.06. The van der Waals surface area contributed by atoms with Crippen LogP contribution in [-0.4, -0.2) is 33.4 Å². The van der Waals surface area contributed by atoms with Crippen LogP contribution in [-0.2, 0) is 11.2 Å². The van der Waals surface area contributed by atoms with Gasteiger partial charge in [0.1, 0.15) is 5.75 Å². The molecule has 0 radical (unpaired) electrons. The normalized spacial score (nSPS) is 12.4. The Kier molecular flexibility index (Phi) is 5.90. The van der Waals surface area contributed by atoms with E-state index in [4.69, 9.17) is 9.47 Å². The Labute approximate surface area is 97.8 Å². The lowest BCUT2D eigenvalue weighted by Crippen LogP contribution is -2.32. The number of rotatable bonds is 7. The van der Waals surface area contributed by atoms with Crippen molar-refractivity contribution in [1.29, 1.82) is 0 Å². The van der Waals surface area contributed by atoms with Gasteiger partial charge in [-0.15, -0.1) is 0 Å². The molecule has 1 aromatic rings. The molecule has 0 aliphatic carbocycles. The van der Waals surface area contributed by atoms with E-state index < -0.39 is 0 Å². The van der Waals surface area contributed by atoms with E-state index in [1.54, 1.807) is 7.11 Å². The molecule has 0 aliphatic rings. The van der Waals surface area contributed by atoms with E-state index in [1.807, 2.05) is 26.1 Å². The quantitative estimate of drug-likeness (QED) is 0.765. The lowest BCUT2D eigenvalue weighted by atomic mass is 10.1. The Bertz CT molecular complexity index is 284. The lowest BCUT2D eigenvalue weighted by molar-refractivity contribution is 0.125. The Balaban J connectivity index is 2.49. The first-order chi connectivity index (χ1) is 7.80. The van der Waals surface area contributed by atoms with Gasteiger partial charge in [0.15, 0.2) is 0 Å². The third-order valence-corrected chi connectivity index (χ3v) is 2.57. The minimum absolute atomic E-state index is 0.369. The highest BCUT2D eigenvalue weighted by Crippen LogP contribution is 2.12. The summed E-state index contributed by atoms with van der Waals surface area (Å²) in [6.45, 7) is 3.53. The van der Waals surface area contributed by atoms with Crippen molar-refractivity contribution in [3.8, 4) is 5.75 Å². The van der Waals surface area contributed by atoms with Gasteiger partial charge in [0, 0.05) is 12.6 Å². The number of hydrogen-bond donors (Lipinski definition) is 1. The van der Waals surface area contributed by atoms with Gasteiger partial charge in [0.2, 0.25) is 0 Å². The molecule has 0 aromatic heterocycles. The monoisotopic (exact) mass is 223 g/mol. The van der Waals surface area contributed by atoms with Crippen LogP contribution in [0, 0.1) is 0 Å². The van der Waals surface area contributed by atoms with E-state index >= 15 is 0 Å². The molecule has 1 aromatic carbocycles. The molecule has 0 amide bonds. The van der Waals surface area contributed by atoms with Gasteiger partial charge in [0.25, 0.3) is 0 Å². The summed E-state index contributed by atoms with van der Waals surface area (Å²) in [5, 5.41) is 3.26. The first kappa shape index (κ1) is 13.0. The van der Waals surface area contributed by atoms with E-state index in [2.05, 4.69) is 17.4 Å². The lowest BCUT2D eigenvalue weighted by Gasteiger charge is -2.16. The van der Waals surface area contributed by atoms with Crippen molar-refractivity contribution < 1.29 is 9.47 Å². The van der Waals surface area contributed by atoms with Crippen molar-refractivity contribution in [2.45, 2.75) is 19.4 Å². The van der Waals surface area contributed by atoms with Gasteiger partial charge in [0.05, 0.1) is 13.7 Å². The molecule has 0 bridgehead atoms. The molecule has 0 aliphatic heterocycles. The van der Waals surface area contributed by atoms with Crippen molar-refractivity contribution >= 4 is 0 Å².